The quantitative estimate of drug-likeness (QED) is 0.728. The van der Waals surface area contributed by atoms with Crippen LogP contribution in [0.25, 0.3) is 0 Å². The maximum atomic E-state index is 12.5. The van der Waals surface area contributed by atoms with E-state index in [1.165, 1.54) is 0 Å². The summed E-state index contributed by atoms with van der Waals surface area (Å²) in [5.74, 6) is 1.82. The van der Waals surface area contributed by atoms with Gasteiger partial charge in [0.05, 0.1) is 18.4 Å². The van der Waals surface area contributed by atoms with Crippen LogP contribution in [0.3, 0.4) is 0 Å². The van der Waals surface area contributed by atoms with E-state index in [1.54, 1.807) is 30.2 Å². The Balaban J connectivity index is 2.12. The van der Waals surface area contributed by atoms with E-state index in [0.29, 0.717) is 23.7 Å². The standard InChI is InChI=1S/C19H26N2O4/c1-6-7-10-21(4)19(22)15-8-9-17(18(11-15)23-5)24-12-16-13(2)20-25-14(16)3/h8-9,11H,6-7,10,12H2,1-5H3. The lowest BCUT2D eigenvalue weighted by molar-refractivity contribution is 0.0793. The topological polar surface area (TPSA) is 64.8 Å². The molecule has 0 fully saturated rings. The molecule has 2 aromatic rings. The Morgan fingerprint density at radius 3 is 2.64 bits per heavy atom. The summed E-state index contributed by atoms with van der Waals surface area (Å²) < 4.78 is 16.4. The van der Waals surface area contributed by atoms with Crippen molar-refractivity contribution in [2.24, 2.45) is 0 Å². The van der Waals surface area contributed by atoms with Gasteiger partial charge in [0.25, 0.3) is 5.91 Å². The number of benzene rings is 1. The van der Waals surface area contributed by atoms with E-state index in [0.717, 1.165) is 36.4 Å². The highest BCUT2D eigenvalue weighted by atomic mass is 16.5. The number of hydrogen-bond acceptors (Lipinski definition) is 5. The summed E-state index contributed by atoms with van der Waals surface area (Å²) >= 11 is 0. The lowest BCUT2D eigenvalue weighted by Gasteiger charge is -2.18. The number of carbonyl (C=O) groups excluding carboxylic acids is 1. The first kappa shape index (κ1) is 18.8. The third kappa shape index (κ3) is 4.53. The zero-order chi connectivity index (χ0) is 18.4. The minimum atomic E-state index is -0.0241. The zero-order valence-electron chi connectivity index (χ0n) is 15.6. The van der Waals surface area contributed by atoms with E-state index in [-0.39, 0.29) is 5.91 Å². The number of carbonyl (C=O) groups is 1. The number of hydrogen-bond donors (Lipinski definition) is 0. The Labute approximate surface area is 148 Å². The highest BCUT2D eigenvalue weighted by Crippen LogP contribution is 2.30. The maximum Gasteiger partial charge on any atom is 0.253 e. The molecule has 0 N–H and O–H groups in total. The van der Waals surface area contributed by atoms with Crippen LogP contribution in [-0.2, 0) is 6.61 Å². The fraction of sp³-hybridized carbons (Fsp3) is 0.474. The van der Waals surface area contributed by atoms with Gasteiger partial charge in [-0.05, 0) is 38.5 Å². The van der Waals surface area contributed by atoms with Gasteiger partial charge >= 0.3 is 0 Å². The van der Waals surface area contributed by atoms with Gasteiger partial charge in [0.2, 0.25) is 0 Å². The molecule has 0 aliphatic carbocycles. The van der Waals surface area contributed by atoms with Crippen molar-refractivity contribution in [3.8, 4) is 11.5 Å². The molecular formula is C19H26N2O4. The van der Waals surface area contributed by atoms with E-state index >= 15 is 0 Å². The van der Waals surface area contributed by atoms with Gasteiger partial charge in [-0.15, -0.1) is 0 Å². The predicted octanol–water partition coefficient (Wildman–Crippen LogP) is 3.75. The molecule has 1 aromatic carbocycles. The van der Waals surface area contributed by atoms with Crippen molar-refractivity contribution < 1.29 is 18.8 Å². The van der Waals surface area contributed by atoms with Crippen molar-refractivity contribution in [2.75, 3.05) is 20.7 Å². The minimum Gasteiger partial charge on any atom is -0.493 e. The van der Waals surface area contributed by atoms with Crippen molar-refractivity contribution in [3.63, 3.8) is 0 Å². The van der Waals surface area contributed by atoms with Crippen LogP contribution in [0.15, 0.2) is 22.7 Å². The van der Waals surface area contributed by atoms with Gasteiger partial charge in [0, 0.05) is 19.2 Å². The van der Waals surface area contributed by atoms with E-state index in [4.69, 9.17) is 14.0 Å². The van der Waals surface area contributed by atoms with Crippen molar-refractivity contribution >= 4 is 5.91 Å². The van der Waals surface area contributed by atoms with Crippen LogP contribution >= 0.6 is 0 Å². The minimum absolute atomic E-state index is 0.0241. The summed E-state index contributed by atoms with van der Waals surface area (Å²) in [4.78, 5) is 14.2. The second kappa shape index (κ2) is 8.55. The molecule has 1 heterocycles. The average molecular weight is 346 g/mol. The number of unbranched alkanes of at least 4 members (excludes halogenated alkanes) is 1. The molecule has 1 amide bonds. The number of aryl methyl sites for hydroxylation is 2. The summed E-state index contributed by atoms with van der Waals surface area (Å²) in [5, 5.41) is 3.92. The van der Waals surface area contributed by atoms with E-state index in [2.05, 4.69) is 12.1 Å². The molecule has 0 saturated carbocycles. The number of nitrogens with zero attached hydrogens (tertiary/aromatic N) is 2. The third-order valence-electron chi connectivity index (χ3n) is 4.16. The third-order valence-corrected chi connectivity index (χ3v) is 4.16. The van der Waals surface area contributed by atoms with Crippen molar-refractivity contribution in [3.05, 3.63) is 40.8 Å². The van der Waals surface area contributed by atoms with Gasteiger partial charge in [-0.1, -0.05) is 18.5 Å². The highest BCUT2D eigenvalue weighted by molar-refractivity contribution is 5.94. The molecule has 136 valence electrons. The fourth-order valence-corrected chi connectivity index (χ4v) is 2.49. The summed E-state index contributed by atoms with van der Waals surface area (Å²) in [5.41, 5.74) is 2.31. The Hall–Kier alpha value is -2.50. The van der Waals surface area contributed by atoms with Crippen LogP contribution < -0.4 is 9.47 Å². The van der Waals surface area contributed by atoms with E-state index < -0.39 is 0 Å². The first-order valence-electron chi connectivity index (χ1n) is 8.46. The second-order valence-electron chi connectivity index (χ2n) is 6.04. The van der Waals surface area contributed by atoms with E-state index in [9.17, 15) is 4.79 Å². The van der Waals surface area contributed by atoms with Gasteiger partial charge in [-0.2, -0.15) is 0 Å². The van der Waals surface area contributed by atoms with Crippen LogP contribution in [0, 0.1) is 13.8 Å². The molecule has 0 aliphatic rings. The van der Waals surface area contributed by atoms with Crippen LogP contribution in [0.5, 0.6) is 11.5 Å². The summed E-state index contributed by atoms with van der Waals surface area (Å²) in [7, 11) is 3.37. The number of amides is 1. The molecule has 0 radical (unpaired) electrons. The average Bonchev–Trinajstić information content (AvgIpc) is 2.95. The first-order chi connectivity index (χ1) is 12.0. The maximum absolute atomic E-state index is 12.5. The molecule has 2 rings (SSSR count). The molecule has 0 saturated heterocycles. The van der Waals surface area contributed by atoms with Crippen molar-refractivity contribution in [2.45, 2.75) is 40.2 Å². The fourth-order valence-electron chi connectivity index (χ4n) is 2.49. The highest BCUT2D eigenvalue weighted by Gasteiger charge is 2.16. The van der Waals surface area contributed by atoms with Gasteiger partial charge in [-0.25, -0.2) is 0 Å². The van der Waals surface area contributed by atoms with Crippen LogP contribution in [0.4, 0.5) is 0 Å². The van der Waals surface area contributed by atoms with E-state index in [1.807, 2.05) is 20.9 Å². The molecule has 0 unspecified atom stereocenters. The van der Waals surface area contributed by atoms with Crippen molar-refractivity contribution in [1.82, 2.24) is 10.1 Å². The van der Waals surface area contributed by atoms with Crippen LogP contribution in [0.2, 0.25) is 0 Å². The summed E-state index contributed by atoms with van der Waals surface area (Å²) in [6.07, 6.45) is 2.04. The summed E-state index contributed by atoms with van der Waals surface area (Å²) in [6, 6.07) is 5.24. The molecule has 6 heteroatoms. The monoisotopic (exact) mass is 346 g/mol. The normalized spacial score (nSPS) is 10.6. The molecule has 6 nitrogen and oxygen atoms in total. The lowest BCUT2D eigenvalue weighted by Crippen LogP contribution is -2.27. The summed E-state index contributed by atoms with van der Waals surface area (Å²) in [6.45, 7) is 6.90. The Bertz CT molecular complexity index is 705. The number of aromatic nitrogens is 1. The smallest absolute Gasteiger partial charge is 0.253 e. The number of methoxy groups -OCH3 is 1. The largest absolute Gasteiger partial charge is 0.493 e. The Kier molecular flexibility index (Phi) is 6.44. The van der Waals surface area contributed by atoms with Gasteiger partial charge in [0.15, 0.2) is 11.5 Å². The first-order valence-corrected chi connectivity index (χ1v) is 8.46. The second-order valence-corrected chi connectivity index (χ2v) is 6.04. The number of ether oxygens (including phenoxy) is 2. The molecule has 25 heavy (non-hydrogen) atoms. The Morgan fingerprint density at radius 1 is 1.28 bits per heavy atom. The molecule has 0 atom stereocenters. The molecule has 1 aromatic heterocycles. The van der Waals surface area contributed by atoms with Crippen molar-refractivity contribution in [1.29, 1.82) is 0 Å². The SMILES string of the molecule is CCCCN(C)C(=O)c1ccc(OCc2c(C)noc2C)c(OC)c1. The predicted molar refractivity (Wildman–Crippen MR) is 95.2 cm³/mol. The molecule has 0 aliphatic heterocycles. The van der Waals surface area contributed by atoms with Gasteiger partial charge in [0.1, 0.15) is 12.4 Å². The molecule has 0 spiro atoms. The van der Waals surface area contributed by atoms with Gasteiger partial charge < -0.3 is 18.9 Å². The molecular weight excluding hydrogens is 320 g/mol. The van der Waals surface area contributed by atoms with Gasteiger partial charge in [-0.3, -0.25) is 4.79 Å². The Morgan fingerprint density at radius 2 is 2.04 bits per heavy atom. The zero-order valence-corrected chi connectivity index (χ0v) is 15.6. The molecule has 0 bridgehead atoms. The van der Waals surface area contributed by atoms with Crippen LogP contribution in [0.1, 0.15) is 47.1 Å². The lowest BCUT2D eigenvalue weighted by atomic mass is 10.1. The number of rotatable bonds is 8. The van der Waals surface area contributed by atoms with Crippen LogP contribution in [-0.4, -0.2) is 36.7 Å².